The minimum absolute atomic E-state index is 0.0564. The molecule has 1 N–H and O–H groups in total. The minimum Gasteiger partial charge on any atom is -0.345 e. The van der Waals surface area contributed by atoms with E-state index in [1.165, 1.54) is 23.2 Å². The number of carbonyl (C=O) groups is 1. The molecule has 0 atom stereocenters. The summed E-state index contributed by atoms with van der Waals surface area (Å²) in [4.78, 5) is 27.9. The Morgan fingerprint density at radius 2 is 2.09 bits per heavy atom. The van der Waals surface area contributed by atoms with E-state index in [0.29, 0.717) is 5.69 Å². The van der Waals surface area contributed by atoms with Crippen LogP contribution in [0.1, 0.15) is 0 Å². The average molecular weight is 365 g/mol. The van der Waals surface area contributed by atoms with E-state index >= 15 is 0 Å². The highest BCUT2D eigenvalue weighted by Gasteiger charge is 2.19. The summed E-state index contributed by atoms with van der Waals surface area (Å²) in [5.41, 5.74) is 0.495. The lowest BCUT2D eigenvalue weighted by molar-refractivity contribution is -0.384. The smallest absolute Gasteiger partial charge is 0.311 e. The maximum absolute atomic E-state index is 12.1. The molecule has 0 fully saturated rings. The van der Waals surface area contributed by atoms with Crippen LogP contribution in [0.4, 0.5) is 17.2 Å². The van der Waals surface area contributed by atoms with Crippen LogP contribution in [-0.4, -0.2) is 29.4 Å². The normalized spacial score (nSPS) is 10.1. The lowest BCUT2D eigenvalue weighted by atomic mass is 10.3. The number of hydrogen-bond donors (Lipinski definition) is 1. The molecule has 1 heterocycles. The van der Waals surface area contributed by atoms with Gasteiger partial charge in [0.1, 0.15) is 0 Å². The summed E-state index contributed by atoms with van der Waals surface area (Å²) in [7, 11) is 1.58. The molecule has 0 radical (unpaired) electrons. The van der Waals surface area contributed by atoms with E-state index in [0.717, 1.165) is 4.47 Å². The van der Waals surface area contributed by atoms with Gasteiger partial charge in [0, 0.05) is 23.8 Å². The van der Waals surface area contributed by atoms with Gasteiger partial charge in [0.2, 0.25) is 11.7 Å². The summed E-state index contributed by atoms with van der Waals surface area (Å²) in [6, 6.07) is 10.0. The van der Waals surface area contributed by atoms with Gasteiger partial charge >= 0.3 is 5.69 Å². The summed E-state index contributed by atoms with van der Waals surface area (Å²) in [5.74, 6) is -0.149. The molecule has 114 valence electrons. The number of nitrogens with one attached hydrogen (secondary N) is 1. The predicted octanol–water partition coefficient (Wildman–Crippen LogP) is 2.83. The number of para-hydroxylation sites is 1. The van der Waals surface area contributed by atoms with Gasteiger partial charge in [-0.3, -0.25) is 14.9 Å². The second-order valence-corrected chi connectivity index (χ2v) is 5.34. The molecule has 0 saturated carbocycles. The highest BCUT2D eigenvalue weighted by molar-refractivity contribution is 9.10. The molecule has 7 nitrogen and oxygen atoms in total. The highest BCUT2D eigenvalue weighted by atomic mass is 79.9. The molecule has 1 aromatic carbocycles. The first-order chi connectivity index (χ1) is 10.5. The second-order valence-electron chi connectivity index (χ2n) is 4.49. The number of carbonyl (C=O) groups excluding carboxylic acids is 1. The fourth-order valence-electron chi connectivity index (χ4n) is 1.87. The number of aromatic nitrogens is 1. The van der Waals surface area contributed by atoms with Gasteiger partial charge in [0.15, 0.2) is 0 Å². The Morgan fingerprint density at radius 3 is 2.77 bits per heavy atom. The first-order valence-electron chi connectivity index (χ1n) is 6.34. The SMILES string of the molecule is CN(CC(=O)Nc1ccccc1Br)c1ncccc1[N+](=O)[O-]. The lowest BCUT2D eigenvalue weighted by Crippen LogP contribution is -2.31. The Kier molecular flexibility index (Phi) is 5.05. The molecule has 22 heavy (non-hydrogen) atoms. The van der Waals surface area contributed by atoms with Crippen LogP contribution in [0.3, 0.4) is 0 Å². The topological polar surface area (TPSA) is 88.4 Å². The maximum Gasteiger partial charge on any atom is 0.311 e. The van der Waals surface area contributed by atoms with Crippen LogP contribution in [0.15, 0.2) is 47.1 Å². The monoisotopic (exact) mass is 364 g/mol. The summed E-state index contributed by atoms with van der Waals surface area (Å²) in [6.07, 6.45) is 1.45. The van der Waals surface area contributed by atoms with Gasteiger partial charge < -0.3 is 10.2 Å². The Bertz CT molecular complexity index is 708. The van der Waals surface area contributed by atoms with E-state index in [9.17, 15) is 14.9 Å². The third-order valence-corrected chi connectivity index (χ3v) is 3.54. The highest BCUT2D eigenvalue weighted by Crippen LogP contribution is 2.24. The van der Waals surface area contributed by atoms with Crippen molar-refractivity contribution >= 4 is 39.0 Å². The van der Waals surface area contributed by atoms with Gasteiger partial charge in [0.25, 0.3) is 0 Å². The van der Waals surface area contributed by atoms with E-state index in [1.807, 2.05) is 12.1 Å². The van der Waals surface area contributed by atoms with Crippen molar-refractivity contribution in [3.63, 3.8) is 0 Å². The third-order valence-electron chi connectivity index (χ3n) is 2.85. The number of anilines is 2. The van der Waals surface area contributed by atoms with Crippen LogP contribution in [0, 0.1) is 10.1 Å². The van der Waals surface area contributed by atoms with E-state index in [2.05, 4.69) is 26.2 Å². The second kappa shape index (κ2) is 6.99. The van der Waals surface area contributed by atoms with Crippen molar-refractivity contribution in [3.8, 4) is 0 Å². The van der Waals surface area contributed by atoms with Crippen molar-refractivity contribution in [2.45, 2.75) is 0 Å². The molecule has 0 aliphatic heterocycles. The molecular weight excluding hydrogens is 352 g/mol. The quantitative estimate of drug-likeness (QED) is 0.650. The minimum atomic E-state index is -0.523. The number of nitrogens with zero attached hydrogens (tertiary/aromatic N) is 3. The summed E-state index contributed by atoms with van der Waals surface area (Å²) < 4.78 is 0.759. The molecule has 0 unspecified atom stereocenters. The third kappa shape index (κ3) is 3.79. The molecular formula is C14H13BrN4O3. The van der Waals surface area contributed by atoms with Gasteiger partial charge in [-0.2, -0.15) is 0 Å². The van der Waals surface area contributed by atoms with Crippen LogP contribution in [0.25, 0.3) is 0 Å². The first kappa shape index (κ1) is 15.9. The standard InChI is InChI=1S/C14H13BrN4O3/c1-18(14-12(19(21)22)7-4-8-16-14)9-13(20)17-11-6-3-2-5-10(11)15/h2-8H,9H2,1H3,(H,17,20). The molecule has 0 spiro atoms. The number of rotatable bonds is 5. The van der Waals surface area contributed by atoms with Gasteiger partial charge in [-0.1, -0.05) is 12.1 Å². The van der Waals surface area contributed by atoms with Gasteiger partial charge in [0.05, 0.1) is 17.2 Å². The van der Waals surface area contributed by atoms with Crippen LogP contribution in [0.2, 0.25) is 0 Å². The van der Waals surface area contributed by atoms with E-state index < -0.39 is 4.92 Å². The van der Waals surface area contributed by atoms with Crippen LogP contribution < -0.4 is 10.2 Å². The Labute approximate surface area is 135 Å². The number of hydrogen-bond acceptors (Lipinski definition) is 5. The van der Waals surface area contributed by atoms with Crippen LogP contribution >= 0.6 is 15.9 Å². The fourth-order valence-corrected chi connectivity index (χ4v) is 2.25. The molecule has 8 heteroatoms. The summed E-state index contributed by atoms with van der Waals surface area (Å²) >= 11 is 3.34. The Hall–Kier alpha value is -2.48. The summed E-state index contributed by atoms with van der Waals surface area (Å²) in [6.45, 7) is -0.0564. The number of halogens is 1. The van der Waals surface area contributed by atoms with Crippen molar-refractivity contribution in [3.05, 3.63) is 57.2 Å². The average Bonchev–Trinajstić information content (AvgIpc) is 2.49. The maximum atomic E-state index is 12.1. The van der Waals surface area contributed by atoms with Gasteiger partial charge in [-0.05, 0) is 34.1 Å². The molecule has 1 aromatic heterocycles. The molecule has 0 aliphatic carbocycles. The molecule has 2 aromatic rings. The van der Waals surface area contributed by atoms with Gasteiger partial charge in [-0.15, -0.1) is 0 Å². The zero-order chi connectivity index (χ0) is 16.1. The molecule has 0 aliphatic rings. The molecule has 1 amide bonds. The number of likely N-dealkylation sites (N-methyl/N-ethyl adjacent to an activating group) is 1. The van der Waals surface area contributed by atoms with Gasteiger partial charge in [-0.25, -0.2) is 4.98 Å². The number of pyridine rings is 1. The Morgan fingerprint density at radius 1 is 1.36 bits per heavy atom. The largest absolute Gasteiger partial charge is 0.345 e. The van der Waals surface area contributed by atoms with E-state index in [-0.39, 0.29) is 24.0 Å². The molecule has 2 rings (SSSR count). The van der Waals surface area contributed by atoms with Crippen molar-refractivity contribution in [1.29, 1.82) is 0 Å². The molecule has 0 bridgehead atoms. The van der Waals surface area contributed by atoms with Crippen molar-refractivity contribution < 1.29 is 9.72 Å². The lowest BCUT2D eigenvalue weighted by Gasteiger charge is -2.17. The summed E-state index contributed by atoms with van der Waals surface area (Å²) in [5, 5.41) is 13.7. The number of amides is 1. The number of nitro groups is 1. The fraction of sp³-hybridized carbons (Fsp3) is 0.143. The van der Waals surface area contributed by atoms with Crippen LogP contribution in [0.5, 0.6) is 0 Å². The van der Waals surface area contributed by atoms with Crippen LogP contribution in [-0.2, 0) is 4.79 Å². The van der Waals surface area contributed by atoms with Crippen molar-refractivity contribution in [1.82, 2.24) is 4.98 Å². The number of benzene rings is 1. The van der Waals surface area contributed by atoms with E-state index in [1.54, 1.807) is 19.2 Å². The zero-order valence-electron chi connectivity index (χ0n) is 11.7. The van der Waals surface area contributed by atoms with Crippen molar-refractivity contribution in [2.75, 3.05) is 23.8 Å². The zero-order valence-corrected chi connectivity index (χ0v) is 13.3. The Balaban J connectivity index is 2.09. The van der Waals surface area contributed by atoms with Crippen molar-refractivity contribution in [2.24, 2.45) is 0 Å². The van der Waals surface area contributed by atoms with E-state index in [4.69, 9.17) is 0 Å². The first-order valence-corrected chi connectivity index (χ1v) is 7.13. The predicted molar refractivity (Wildman–Crippen MR) is 86.9 cm³/mol. The molecule has 0 saturated heterocycles.